The maximum Gasteiger partial charge on any atom is 0.225 e. The molecule has 4 rings (SSSR count). The quantitative estimate of drug-likeness (QED) is 0.416. The molecule has 1 aliphatic rings. The van der Waals surface area contributed by atoms with E-state index in [-0.39, 0.29) is 0 Å². The predicted octanol–water partition coefficient (Wildman–Crippen LogP) is 4.86. The highest BCUT2D eigenvalue weighted by atomic mass is 16.5. The number of fused-ring (bicyclic) bond motifs is 1. The standard InChI is InChI=1S/C27H37N5O2/c1-32(2)26-24-7-5-6-8-25(24)30-27(31-26)29-21-11-9-19(10-12-21)13-14-28-18-20-15-22(33-3)17-23(16-20)34-4/h5-8,15-17,19,21,28H,9-14,18H2,1-4H3,(H,29,30,31). The second-order valence-corrected chi connectivity index (χ2v) is 9.33. The van der Waals surface area contributed by atoms with Gasteiger partial charge in [0.1, 0.15) is 17.3 Å². The molecule has 0 amide bonds. The van der Waals surface area contributed by atoms with Crippen LogP contribution in [0, 0.1) is 5.92 Å². The van der Waals surface area contributed by atoms with Crippen molar-refractivity contribution < 1.29 is 9.47 Å². The second-order valence-electron chi connectivity index (χ2n) is 9.33. The maximum atomic E-state index is 5.37. The smallest absolute Gasteiger partial charge is 0.225 e. The van der Waals surface area contributed by atoms with Gasteiger partial charge in [-0.3, -0.25) is 0 Å². The molecule has 34 heavy (non-hydrogen) atoms. The first-order chi connectivity index (χ1) is 16.6. The topological polar surface area (TPSA) is 71.5 Å². The summed E-state index contributed by atoms with van der Waals surface area (Å²) >= 11 is 0. The number of para-hydroxylation sites is 1. The summed E-state index contributed by atoms with van der Waals surface area (Å²) in [6.07, 6.45) is 5.99. The highest BCUT2D eigenvalue weighted by Crippen LogP contribution is 2.30. The third-order valence-corrected chi connectivity index (χ3v) is 6.66. The first kappa shape index (κ1) is 24.1. The van der Waals surface area contributed by atoms with Gasteiger partial charge in [0.25, 0.3) is 0 Å². The second kappa shape index (κ2) is 11.4. The molecule has 0 unspecified atom stereocenters. The van der Waals surface area contributed by atoms with Crippen molar-refractivity contribution in [3.63, 3.8) is 0 Å². The van der Waals surface area contributed by atoms with Gasteiger partial charge in [-0.05, 0) is 74.4 Å². The SMILES string of the molecule is COc1cc(CNCCC2CCC(Nc3nc(N(C)C)c4ccccc4n3)CC2)cc(OC)c1. The van der Waals surface area contributed by atoms with E-state index >= 15 is 0 Å². The van der Waals surface area contributed by atoms with Crippen LogP contribution in [0.25, 0.3) is 10.9 Å². The molecule has 0 bridgehead atoms. The Morgan fingerprint density at radius 3 is 2.32 bits per heavy atom. The molecule has 1 aromatic heterocycles. The van der Waals surface area contributed by atoms with E-state index in [0.717, 1.165) is 66.0 Å². The summed E-state index contributed by atoms with van der Waals surface area (Å²) in [4.78, 5) is 11.6. The Labute approximate surface area is 202 Å². The largest absolute Gasteiger partial charge is 0.497 e. The molecule has 3 aromatic rings. The Morgan fingerprint density at radius 1 is 0.941 bits per heavy atom. The lowest BCUT2D eigenvalue weighted by Gasteiger charge is -2.29. The molecule has 2 N–H and O–H groups in total. The lowest BCUT2D eigenvalue weighted by atomic mass is 9.84. The van der Waals surface area contributed by atoms with Gasteiger partial charge in [0, 0.05) is 38.1 Å². The minimum Gasteiger partial charge on any atom is -0.497 e. The van der Waals surface area contributed by atoms with Crippen LogP contribution < -0.4 is 25.0 Å². The number of anilines is 2. The summed E-state index contributed by atoms with van der Waals surface area (Å²) < 4.78 is 10.7. The van der Waals surface area contributed by atoms with Crippen LogP contribution in [0.3, 0.4) is 0 Å². The molecule has 1 aliphatic carbocycles. The van der Waals surface area contributed by atoms with E-state index in [1.54, 1.807) is 14.2 Å². The van der Waals surface area contributed by atoms with Crippen molar-refractivity contribution in [2.24, 2.45) is 5.92 Å². The van der Waals surface area contributed by atoms with E-state index in [1.165, 1.54) is 24.8 Å². The van der Waals surface area contributed by atoms with Gasteiger partial charge in [-0.2, -0.15) is 4.98 Å². The van der Waals surface area contributed by atoms with Gasteiger partial charge >= 0.3 is 0 Å². The van der Waals surface area contributed by atoms with Crippen LogP contribution in [-0.4, -0.2) is 50.9 Å². The number of rotatable bonds is 10. The first-order valence-corrected chi connectivity index (χ1v) is 12.2. The number of nitrogens with zero attached hydrogens (tertiary/aromatic N) is 3. The highest BCUT2D eigenvalue weighted by Gasteiger charge is 2.22. The Morgan fingerprint density at radius 2 is 1.65 bits per heavy atom. The fourth-order valence-electron chi connectivity index (χ4n) is 4.75. The van der Waals surface area contributed by atoms with Crippen molar-refractivity contribution in [2.45, 2.75) is 44.7 Å². The van der Waals surface area contributed by atoms with Gasteiger partial charge < -0.3 is 25.0 Å². The molecule has 7 nitrogen and oxygen atoms in total. The zero-order valence-corrected chi connectivity index (χ0v) is 20.8. The zero-order chi connectivity index (χ0) is 23.9. The Bertz CT molecular complexity index is 1060. The molecular formula is C27H37N5O2. The Hall–Kier alpha value is -3.06. The number of hydrogen-bond donors (Lipinski definition) is 2. The van der Waals surface area contributed by atoms with Gasteiger partial charge in [0.2, 0.25) is 5.95 Å². The van der Waals surface area contributed by atoms with Crippen LogP contribution in [0.1, 0.15) is 37.7 Å². The number of benzene rings is 2. The Balaban J connectivity index is 1.24. The van der Waals surface area contributed by atoms with Crippen LogP contribution in [-0.2, 0) is 6.54 Å². The van der Waals surface area contributed by atoms with Crippen molar-refractivity contribution >= 4 is 22.7 Å². The molecule has 1 saturated carbocycles. The molecule has 0 aliphatic heterocycles. The van der Waals surface area contributed by atoms with Gasteiger partial charge in [0.05, 0.1) is 19.7 Å². The number of methoxy groups -OCH3 is 2. The van der Waals surface area contributed by atoms with Crippen LogP contribution in [0.2, 0.25) is 0 Å². The maximum absolute atomic E-state index is 5.37. The average molecular weight is 464 g/mol. The third-order valence-electron chi connectivity index (χ3n) is 6.66. The highest BCUT2D eigenvalue weighted by molar-refractivity contribution is 5.90. The third kappa shape index (κ3) is 6.08. The van der Waals surface area contributed by atoms with Gasteiger partial charge in [-0.25, -0.2) is 4.98 Å². The molecule has 1 fully saturated rings. The van der Waals surface area contributed by atoms with Crippen molar-refractivity contribution in [1.29, 1.82) is 0 Å². The molecule has 0 atom stereocenters. The molecule has 182 valence electrons. The average Bonchev–Trinajstić information content (AvgIpc) is 2.86. The number of hydrogen-bond acceptors (Lipinski definition) is 7. The summed E-state index contributed by atoms with van der Waals surface area (Å²) in [7, 11) is 7.43. The fraction of sp³-hybridized carbons (Fsp3) is 0.481. The van der Waals surface area contributed by atoms with Crippen LogP contribution in [0.4, 0.5) is 11.8 Å². The normalized spacial score (nSPS) is 18.0. The molecular weight excluding hydrogens is 426 g/mol. The van der Waals surface area contributed by atoms with E-state index < -0.39 is 0 Å². The summed E-state index contributed by atoms with van der Waals surface area (Å²) in [5, 5.41) is 8.28. The molecule has 1 heterocycles. The lowest BCUT2D eigenvalue weighted by Crippen LogP contribution is -2.28. The lowest BCUT2D eigenvalue weighted by molar-refractivity contribution is 0.316. The van der Waals surface area contributed by atoms with Gasteiger partial charge in [-0.1, -0.05) is 12.1 Å². The minimum absolute atomic E-state index is 0.435. The number of aromatic nitrogens is 2. The number of nitrogens with one attached hydrogen (secondary N) is 2. The van der Waals surface area contributed by atoms with Gasteiger partial charge in [0.15, 0.2) is 0 Å². The van der Waals surface area contributed by atoms with Crippen LogP contribution in [0.15, 0.2) is 42.5 Å². The van der Waals surface area contributed by atoms with Crippen molar-refractivity contribution in [3.05, 3.63) is 48.0 Å². The summed E-state index contributed by atoms with van der Waals surface area (Å²) in [6, 6.07) is 14.7. The molecule has 2 aromatic carbocycles. The number of ether oxygens (including phenoxy) is 2. The summed E-state index contributed by atoms with van der Waals surface area (Å²) in [5.41, 5.74) is 2.16. The van der Waals surface area contributed by atoms with E-state index in [4.69, 9.17) is 19.4 Å². The van der Waals surface area contributed by atoms with Crippen LogP contribution in [0.5, 0.6) is 11.5 Å². The van der Waals surface area contributed by atoms with E-state index in [1.807, 2.05) is 32.3 Å². The van der Waals surface area contributed by atoms with Crippen molar-refractivity contribution in [1.82, 2.24) is 15.3 Å². The Kier molecular flexibility index (Phi) is 8.06. The minimum atomic E-state index is 0.435. The predicted molar refractivity (Wildman–Crippen MR) is 139 cm³/mol. The van der Waals surface area contributed by atoms with Crippen molar-refractivity contribution in [3.8, 4) is 11.5 Å². The first-order valence-electron chi connectivity index (χ1n) is 12.2. The summed E-state index contributed by atoms with van der Waals surface area (Å²) in [6.45, 7) is 1.83. The van der Waals surface area contributed by atoms with Crippen LogP contribution >= 0.6 is 0 Å². The fourth-order valence-corrected chi connectivity index (χ4v) is 4.75. The summed E-state index contributed by atoms with van der Waals surface area (Å²) in [5.74, 6) is 4.12. The van der Waals surface area contributed by atoms with E-state index in [9.17, 15) is 0 Å². The van der Waals surface area contributed by atoms with Crippen molar-refractivity contribution in [2.75, 3.05) is 45.1 Å². The molecule has 0 saturated heterocycles. The van der Waals surface area contributed by atoms with Gasteiger partial charge in [-0.15, -0.1) is 0 Å². The monoisotopic (exact) mass is 463 g/mol. The zero-order valence-electron chi connectivity index (χ0n) is 20.8. The molecule has 7 heteroatoms. The van der Waals surface area contributed by atoms with E-state index in [2.05, 4.69) is 39.8 Å². The molecule has 0 spiro atoms. The van der Waals surface area contributed by atoms with E-state index in [0.29, 0.717) is 6.04 Å². The molecule has 0 radical (unpaired) electrons.